The van der Waals surface area contributed by atoms with Crippen LogP contribution in [-0.4, -0.2) is 7.05 Å². The standard InChI is InChI=1S/C16H18FN/c1-11-4-5-14(10-18-3)15(8-11)13-6-7-16(17)12(2)9-13/h4-9,18H,10H2,1-3H3. The van der Waals surface area contributed by atoms with Crippen LogP contribution in [0.2, 0.25) is 0 Å². The maximum Gasteiger partial charge on any atom is 0.126 e. The normalized spacial score (nSPS) is 10.7. The van der Waals surface area contributed by atoms with Gasteiger partial charge in [0.1, 0.15) is 5.82 Å². The SMILES string of the molecule is CNCc1ccc(C)cc1-c1ccc(F)c(C)c1. The van der Waals surface area contributed by atoms with Gasteiger partial charge in [-0.3, -0.25) is 0 Å². The third kappa shape index (κ3) is 2.59. The molecule has 94 valence electrons. The molecule has 1 nitrogen and oxygen atoms in total. The van der Waals surface area contributed by atoms with Gasteiger partial charge >= 0.3 is 0 Å². The van der Waals surface area contributed by atoms with Gasteiger partial charge < -0.3 is 5.32 Å². The van der Waals surface area contributed by atoms with E-state index in [9.17, 15) is 4.39 Å². The van der Waals surface area contributed by atoms with Gasteiger partial charge in [0.05, 0.1) is 0 Å². The molecule has 2 aromatic rings. The Kier molecular flexibility index (Phi) is 3.78. The summed E-state index contributed by atoms with van der Waals surface area (Å²) in [7, 11) is 1.93. The van der Waals surface area contributed by atoms with Gasteiger partial charge in [0, 0.05) is 6.54 Å². The third-order valence-corrected chi connectivity index (χ3v) is 3.10. The number of benzene rings is 2. The molecular formula is C16H18FN. The monoisotopic (exact) mass is 243 g/mol. The molecule has 18 heavy (non-hydrogen) atoms. The van der Waals surface area contributed by atoms with E-state index in [0.717, 1.165) is 12.1 Å². The second-order valence-electron chi connectivity index (χ2n) is 4.65. The molecule has 0 aromatic heterocycles. The Morgan fingerprint density at radius 3 is 2.50 bits per heavy atom. The van der Waals surface area contributed by atoms with Crippen molar-refractivity contribution in [3.63, 3.8) is 0 Å². The van der Waals surface area contributed by atoms with Crippen molar-refractivity contribution >= 4 is 0 Å². The van der Waals surface area contributed by atoms with Crippen LogP contribution in [0.3, 0.4) is 0 Å². The molecule has 2 rings (SSSR count). The molecule has 0 amide bonds. The first-order chi connectivity index (χ1) is 8.61. The van der Waals surface area contributed by atoms with Crippen molar-refractivity contribution in [1.29, 1.82) is 0 Å². The summed E-state index contributed by atoms with van der Waals surface area (Å²) >= 11 is 0. The summed E-state index contributed by atoms with van der Waals surface area (Å²) in [6.45, 7) is 4.68. The number of nitrogens with one attached hydrogen (secondary N) is 1. The molecule has 0 unspecified atom stereocenters. The maximum atomic E-state index is 13.3. The van der Waals surface area contributed by atoms with Gasteiger partial charge in [-0.05, 0) is 55.3 Å². The summed E-state index contributed by atoms with van der Waals surface area (Å²) < 4.78 is 13.3. The lowest BCUT2D eigenvalue weighted by Gasteiger charge is -2.11. The van der Waals surface area contributed by atoms with E-state index in [1.807, 2.05) is 19.2 Å². The molecule has 2 heteroatoms. The fourth-order valence-electron chi connectivity index (χ4n) is 2.12. The second-order valence-corrected chi connectivity index (χ2v) is 4.65. The first-order valence-electron chi connectivity index (χ1n) is 6.12. The molecule has 0 saturated carbocycles. The second kappa shape index (κ2) is 5.32. The van der Waals surface area contributed by atoms with Crippen LogP contribution in [0.25, 0.3) is 11.1 Å². The summed E-state index contributed by atoms with van der Waals surface area (Å²) in [5, 5.41) is 3.17. The number of hydrogen-bond acceptors (Lipinski definition) is 1. The van der Waals surface area contributed by atoms with E-state index in [4.69, 9.17) is 0 Å². The Balaban J connectivity index is 2.54. The molecular weight excluding hydrogens is 225 g/mol. The predicted octanol–water partition coefficient (Wildman–Crippen LogP) is 3.83. The summed E-state index contributed by atoms with van der Waals surface area (Å²) in [5.74, 6) is -0.151. The van der Waals surface area contributed by atoms with E-state index < -0.39 is 0 Å². The zero-order valence-corrected chi connectivity index (χ0v) is 11.0. The molecule has 0 aliphatic rings. The summed E-state index contributed by atoms with van der Waals surface area (Å²) in [6, 6.07) is 11.7. The van der Waals surface area contributed by atoms with E-state index in [1.165, 1.54) is 22.8 Å². The Labute approximate surface area is 108 Å². The van der Waals surface area contributed by atoms with E-state index in [1.54, 1.807) is 6.92 Å². The largest absolute Gasteiger partial charge is 0.316 e. The molecule has 0 heterocycles. The zero-order valence-electron chi connectivity index (χ0n) is 11.0. The number of halogens is 1. The first kappa shape index (κ1) is 12.8. The molecule has 0 radical (unpaired) electrons. The Morgan fingerprint density at radius 1 is 1.06 bits per heavy atom. The molecule has 0 atom stereocenters. The average molecular weight is 243 g/mol. The molecule has 0 bridgehead atoms. The molecule has 0 spiro atoms. The van der Waals surface area contributed by atoms with E-state index in [-0.39, 0.29) is 5.82 Å². The minimum absolute atomic E-state index is 0.151. The van der Waals surface area contributed by atoms with Gasteiger partial charge in [0.15, 0.2) is 0 Å². The van der Waals surface area contributed by atoms with Crippen molar-refractivity contribution < 1.29 is 4.39 Å². The summed E-state index contributed by atoms with van der Waals surface area (Å²) in [5.41, 5.74) is 5.38. The Bertz CT molecular complexity index is 561. The fourth-order valence-corrected chi connectivity index (χ4v) is 2.12. The van der Waals surface area contributed by atoms with Crippen LogP contribution in [0.4, 0.5) is 4.39 Å². The van der Waals surface area contributed by atoms with Crippen LogP contribution in [-0.2, 0) is 6.54 Å². The van der Waals surface area contributed by atoms with Crippen LogP contribution in [0.15, 0.2) is 36.4 Å². The molecule has 0 aliphatic heterocycles. The first-order valence-corrected chi connectivity index (χ1v) is 6.12. The van der Waals surface area contributed by atoms with Crippen molar-refractivity contribution in [1.82, 2.24) is 5.32 Å². The quantitative estimate of drug-likeness (QED) is 0.864. The van der Waals surface area contributed by atoms with Crippen molar-refractivity contribution in [2.45, 2.75) is 20.4 Å². The van der Waals surface area contributed by atoms with Crippen molar-refractivity contribution in [3.05, 3.63) is 58.9 Å². The maximum absolute atomic E-state index is 13.3. The van der Waals surface area contributed by atoms with Crippen LogP contribution in [0.5, 0.6) is 0 Å². The van der Waals surface area contributed by atoms with Gasteiger partial charge in [0.2, 0.25) is 0 Å². The van der Waals surface area contributed by atoms with Crippen LogP contribution < -0.4 is 5.32 Å². The van der Waals surface area contributed by atoms with Gasteiger partial charge in [-0.2, -0.15) is 0 Å². The highest BCUT2D eigenvalue weighted by Crippen LogP contribution is 2.26. The van der Waals surface area contributed by atoms with E-state index in [0.29, 0.717) is 5.56 Å². The lowest BCUT2D eigenvalue weighted by molar-refractivity contribution is 0.619. The molecule has 0 saturated heterocycles. The number of aryl methyl sites for hydroxylation is 2. The average Bonchev–Trinajstić information content (AvgIpc) is 2.35. The highest BCUT2D eigenvalue weighted by Gasteiger charge is 2.07. The van der Waals surface area contributed by atoms with Crippen molar-refractivity contribution in [3.8, 4) is 11.1 Å². The lowest BCUT2D eigenvalue weighted by atomic mass is 9.96. The van der Waals surface area contributed by atoms with E-state index >= 15 is 0 Å². The van der Waals surface area contributed by atoms with Gasteiger partial charge in [-0.25, -0.2) is 4.39 Å². The molecule has 2 aromatic carbocycles. The van der Waals surface area contributed by atoms with Crippen LogP contribution >= 0.6 is 0 Å². The molecule has 0 aliphatic carbocycles. The smallest absolute Gasteiger partial charge is 0.126 e. The van der Waals surface area contributed by atoms with Crippen molar-refractivity contribution in [2.24, 2.45) is 0 Å². The van der Waals surface area contributed by atoms with Crippen LogP contribution in [0, 0.1) is 19.7 Å². The highest BCUT2D eigenvalue weighted by atomic mass is 19.1. The number of rotatable bonds is 3. The topological polar surface area (TPSA) is 12.0 Å². The van der Waals surface area contributed by atoms with Gasteiger partial charge in [-0.15, -0.1) is 0 Å². The van der Waals surface area contributed by atoms with Gasteiger partial charge in [0.25, 0.3) is 0 Å². The molecule has 1 N–H and O–H groups in total. The third-order valence-electron chi connectivity index (χ3n) is 3.10. The minimum Gasteiger partial charge on any atom is -0.316 e. The predicted molar refractivity (Wildman–Crippen MR) is 74.1 cm³/mol. The molecule has 0 fully saturated rings. The highest BCUT2D eigenvalue weighted by molar-refractivity contribution is 5.68. The lowest BCUT2D eigenvalue weighted by Crippen LogP contribution is -2.06. The zero-order chi connectivity index (χ0) is 13.1. The fraction of sp³-hybridized carbons (Fsp3) is 0.250. The minimum atomic E-state index is -0.151. The Hall–Kier alpha value is -1.67. The van der Waals surface area contributed by atoms with Crippen LogP contribution in [0.1, 0.15) is 16.7 Å². The summed E-state index contributed by atoms with van der Waals surface area (Å²) in [4.78, 5) is 0. The summed E-state index contributed by atoms with van der Waals surface area (Å²) in [6.07, 6.45) is 0. The number of hydrogen-bond donors (Lipinski definition) is 1. The Morgan fingerprint density at radius 2 is 1.83 bits per heavy atom. The van der Waals surface area contributed by atoms with E-state index in [2.05, 4.69) is 30.4 Å². The van der Waals surface area contributed by atoms with Gasteiger partial charge in [-0.1, -0.05) is 29.8 Å². The van der Waals surface area contributed by atoms with Crippen molar-refractivity contribution in [2.75, 3.05) is 7.05 Å².